The van der Waals surface area contributed by atoms with Crippen molar-refractivity contribution in [3.8, 4) is 17.0 Å². The van der Waals surface area contributed by atoms with Crippen LogP contribution < -0.4 is 8.49 Å². The van der Waals surface area contributed by atoms with Gasteiger partial charge in [-0.15, -0.1) is 0 Å². The SMILES string of the molecule is CC(C)(C)[Si](C)(C)OCCN(c1cn2nc(-c3ccc(F)cc3)c(C(=O)O)c2cc1OS(=O)(=O)C(F)(F)F)S(C)(=O)=O. The van der Waals surface area contributed by atoms with Crippen LogP contribution in [0.2, 0.25) is 18.1 Å². The maximum atomic E-state index is 13.5. The fraction of sp³-hybridized carbons (Fsp3) is 0.417. The quantitative estimate of drug-likeness (QED) is 0.140. The highest BCUT2D eigenvalue weighted by atomic mass is 32.2. The third-order valence-electron chi connectivity index (χ3n) is 6.76. The minimum Gasteiger partial charge on any atom is -0.478 e. The summed E-state index contributed by atoms with van der Waals surface area (Å²) in [6, 6.07) is 5.09. The molecule has 0 saturated heterocycles. The van der Waals surface area contributed by atoms with Gasteiger partial charge in [0.05, 0.1) is 31.1 Å². The van der Waals surface area contributed by atoms with Crippen LogP contribution >= 0.6 is 0 Å². The summed E-state index contributed by atoms with van der Waals surface area (Å²) >= 11 is 0. The van der Waals surface area contributed by atoms with Gasteiger partial charge in [-0.2, -0.15) is 26.7 Å². The van der Waals surface area contributed by atoms with E-state index in [1.807, 2.05) is 33.9 Å². The monoisotopic (exact) mass is 655 g/mol. The number of nitrogens with zero attached hydrogens (tertiary/aromatic N) is 3. The number of carboxylic acids is 1. The van der Waals surface area contributed by atoms with Crippen LogP contribution in [0.25, 0.3) is 16.8 Å². The highest BCUT2D eigenvalue weighted by Crippen LogP contribution is 2.39. The third kappa shape index (κ3) is 6.87. The van der Waals surface area contributed by atoms with Crippen LogP contribution in [-0.4, -0.2) is 70.8 Å². The molecule has 18 heteroatoms. The van der Waals surface area contributed by atoms with Crippen LogP contribution in [0.3, 0.4) is 0 Å². The van der Waals surface area contributed by atoms with Gasteiger partial charge in [0.2, 0.25) is 10.0 Å². The highest BCUT2D eigenvalue weighted by Gasteiger charge is 2.49. The first-order chi connectivity index (χ1) is 19.0. The molecule has 2 heterocycles. The Hall–Kier alpha value is -3.22. The molecule has 0 aliphatic rings. The summed E-state index contributed by atoms with van der Waals surface area (Å²) in [4.78, 5) is 12.2. The largest absolute Gasteiger partial charge is 0.534 e. The van der Waals surface area contributed by atoms with Crippen LogP contribution in [0, 0.1) is 5.82 Å². The fourth-order valence-electron chi connectivity index (χ4n) is 3.57. The molecule has 232 valence electrons. The van der Waals surface area contributed by atoms with Gasteiger partial charge in [-0.05, 0) is 42.4 Å². The smallest absolute Gasteiger partial charge is 0.478 e. The number of aromatic nitrogens is 2. The molecule has 3 rings (SSSR count). The lowest BCUT2D eigenvalue weighted by molar-refractivity contribution is -0.0499. The van der Waals surface area contributed by atoms with E-state index in [1.165, 1.54) is 12.1 Å². The Morgan fingerprint density at radius 3 is 2.14 bits per heavy atom. The predicted molar refractivity (Wildman–Crippen MR) is 148 cm³/mol. The summed E-state index contributed by atoms with van der Waals surface area (Å²) in [7, 11) is -13.1. The first kappa shape index (κ1) is 33.3. The van der Waals surface area contributed by atoms with Crippen molar-refractivity contribution in [3.05, 3.63) is 47.9 Å². The highest BCUT2D eigenvalue weighted by molar-refractivity contribution is 7.92. The van der Waals surface area contributed by atoms with Crippen molar-refractivity contribution in [2.45, 2.75) is 44.4 Å². The standard InChI is InChI=1S/C24H29F4N3O8S2Si/c1-23(2,3)42(5,6)38-12-11-31(40(4,34)35)18-14-30-17(13-19(18)39-41(36,37)24(26,27)28)20(22(32)33)21(29-30)15-7-9-16(25)10-8-15/h7-10,13-14H,11-12H2,1-6H3,(H,32,33). The molecule has 0 unspecified atom stereocenters. The van der Waals surface area contributed by atoms with E-state index in [0.717, 1.165) is 29.1 Å². The molecule has 0 fully saturated rings. The maximum absolute atomic E-state index is 13.5. The second-order valence-electron chi connectivity index (χ2n) is 10.8. The zero-order valence-corrected chi connectivity index (χ0v) is 26.0. The Morgan fingerprint density at radius 1 is 1.10 bits per heavy atom. The average molecular weight is 656 g/mol. The number of anilines is 1. The van der Waals surface area contributed by atoms with E-state index in [2.05, 4.69) is 9.28 Å². The van der Waals surface area contributed by atoms with E-state index in [1.54, 1.807) is 0 Å². The van der Waals surface area contributed by atoms with Crippen molar-refractivity contribution >= 4 is 45.6 Å². The van der Waals surface area contributed by atoms with Crippen LogP contribution in [0.1, 0.15) is 31.1 Å². The van der Waals surface area contributed by atoms with Crippen molar-refractivity contribution in [1.82, 2.24) is 9.61 Å². The molecule has 0 aliphatic carbocycles. The number of aromatic carboxylic acids is 1. The second kappa shape index (κ2) is 11.1. The van der Waals surface area contributed by atoms with Gasteiger partial charge < -0.3 is 13.7 Å². The van der Waals surface area contributed by atoms with E-state index < -0.39 is 74.8 Å². The lowest BCUT2D eigenvalue weighted by atomic mass is 10.1. The first-order valence-corrected chi connectivity index (χ1v) is 18.3. The number of benzene rings is 1. The number of sulfonamides is 1. The van der Waals surface area contributed by atoms with Gasteiger partial charge in [-0.1, -0.05) is 20.8 Å². The zero-order chi connectivity index (χ0) is 32.1. The molecule has 0 amide bonds. The van der Waals surface area contributed by atoms with Crippen molar-refractivity contribution in [2.24, 2.45) is 0 Å². The number of carboxylic acid groups (broad SMARTS) is 1. The predicted octanol–water partition coefficient (Wildman–Crippen LogP) is 4.85. The van der Waals surface area contributed by atoms with Crippen LogP contribution in [0.15, 0.2) is 36.5 Å². The van der Waals surface area contributed by atoms with E-state index >= 15 is 0 Å². The molecule has 1 N–H and O–H groups in total. The van der Waals surface area contributed by atoms with Crippen molar-refractivity contribution < 1.29 is 52.9 Å². The number of hydrogen-bond donors (Lipinski definition) is 1. The molecule has 1 aromatic carbocycles. The fourth-order valence-corrected chi connectivity index (χ4v) is 5.97. The molecular formula is C24H29F4N3O8S2Si. The van der Waals surface area contributed by atoms with E-state index in [4.69, 9.17) is 4.43 Å². The molecule has 0 bridgehead atoms. The summed E-state index contributed by atoms with van der Waals surface area (Å²) in [6.07, 6.45) is 1.57. The van der Waals surface area contributed by atoms with Gasteiger partial charge in [0, 0.05) is 11.6 Å². The molecule has 0 atom stereocenters. The number of fused-ring (bicyclic) bond motifs is 1. The summed E-state index contributed by atoms with van der Waals surface area (Å²) in [6.45, 7) is 8.92. The Balaban J connectivity index is 2.29. The molecule has 42 heavy (non-hydrogen) atoms. The Bertz CT molecular complexity index is 1720. The topological polar surface area (TPSA) is 145 Å². The Morgan fingerprint density at radius 2 is 1.67 bits per heavy atom. The molecular weight excluding hydrogens is 626 g/mol. The zero-order valence-electron chi connectivity index (χ0n) is 23.4. The minimum absolute atomic E-state index is 0.104. The number of carbonyl (C=O) groups is 1. The first-order valence-electron chi connectivity index (χ1n) is 12.1. The van der Waals surface area contributed by atoms with Crippen LogP contribution in [0.4, 0.5) is 23.2 Å². The van der Waals surface area contributed by atoms with E-state index in [9.17, 15) is 44.3 Å². The van der Waals surface area contributed by atoms with Gasteiger partial charge in [0.15, 0.2) is 14.1 Å². The van der Waals surface area contributed by atoms with Gasteiger partial charge in [-0.3, -0.25) is 4.31 Å². The molecule has 0 spiro atoms. The van der Waals surface area contributed by atoms with Gasteiger partial charge in [0.25, 0.3) is 0 Å². The Labute approximate surface area is 241 Å². The van der Waals surface area contributed by atoms with Gasteiger partial charge >= 0.3 is 21.6 Å². The summed E-state index contributed by atoms with van der Waals surface area (Å²) in [5, 5.41) is 13.8. The number of pyridine rings is 1. The molecule has 0 radical (unpaired) electrons. The van der Waals surface area contributed by atoms with Crippen molar-refractivity contribution in [3.63, 3.8) is 0 Å². The molecule has 0 saturated carbocycles. The third-order valence-corrected chi connectivity index (χ3v) is 13.4. The molecule has 2 aromatic heterocycles. The number of hydrogen-bond acceptors (Lipinski definition) is 8. The lowest BCUT2D eigenvalue weighted by Gasteiger charge is -2.36. The lowest BCUT2D eigenvalue weighted by Crippen LogP contribution is -2.43. The summed E-state index contributed by atoms with van der Waals surface area (Å²) in [5.74, 6) is -3.37. The Kier molecular flexibility index (Phi) is 8.81. The van der Waals surface area contributed by atoms with Crippen molar-refractivity contribution in [1.29, 1.82) is 0 Å². The summed E-state index contributed by atoms with van der Waals surface area (Å²) < 4.78 is 115. The molecule has 0 aliphatic heterocycles. The number of halogens is 4. The van der Waals surface area contributed by atoms with E-state index in [0.29, 0.717) is 10.4 Å². The minimum atomic E-state index is -6.33. The number of alkyl halides is 3. The van der Waals surface area contributed by atoms with Crippen LogP contribution in [-0.2, 0) is 24.6 Å². The van der Waals surface area contributed by atoms with Crippen molar-refractivity contribution in [2.75, 3.05) is 23.7 Å². The average Bonchev–Trinajstić information content (AvgIpc) is 3.18. The van der Waals surface area contributed by atoms with E-state index in [-0.39, 0.29) is 22.9 Å². The van der Waals surface area contributed by atoms with Gasteiger partial charge in [-0.25, -0.2) is 22.1 Å². The second-order valence-corrected chi connectivity index (χ2v) is 19.1. The number of rotatable bonds is 10. The summed E-state index contributed by atoms with van der Waals surface area (Å²) in [5.41, 5.74) is -7.74. The van der Waals surface area contributed by atoms with Gasteiger partial charge in [0.1, 0.15) is 22.8 Å². The normalized spacial score (nSPS) is 13.4. The van der Waals surface area contributed by atoms with Crippen LogP contribution in [0.5, 0.6) is 5.75 Å². The maximum Gasteiger partial charge on any atom is 0.534 e. The molecule has 11 nitrogen and oxygen atoms in total. The molecule has 3 aromatic rings.